The van der Waals surface area contributed by atoms with E-state index in [1.807, 2.05) is 0 Å². The van der Waals surface area contributed by atoms with E-state index in [0.717, 1.165) is 0 Å². The first-order valence-corrected chi connectivity index (χ1v) is 3.63. The molecule has 0 saturated carbocycles. The fraction of sp³-hybridized carbons (Fsp3) is 0.125. The first kappa shape index (κ1) is 9.18. The molecule has 0 fully saturated rings. The summed E-state index contributed by atoms with van der Waals surface area (Å²) >= 11 is 0. The van der Waals surface area contributed by atoms with Crippen molar-refractivity contribution in [3.8, 4) is 0 Å². The number of amidine groups is 1. The highest BCUT2D eigenvalue weighted by Crippen LogP contribution is 2.16. The molecule has 0 atom stereocenters. The summed E-state index contributed by atoms with van der Waals surface area (Å²) in [6.07, 6.45) is 0. The lowest BCUT2D eigenvalue weighted by Gasteiger charge is -1.99. The maximum Gasteiger partial charge on any atom is 0.280 e. The summed E-state index contributed by atoms with van der Waals surface area (Å²) in [4.78, 5) is 13.8. The molecule has 0 aliphatic heterocycles. The van der Waals surface area contributed by atoms with Crippen LogP contribution in [0.1, 0.15) is 5.56 Å². The number of hydrogen-bond donors (Lipinski definition) is 1. The van der Waals surface area contributed by atoms with Crippen LogP contribution < -0.4 is 5.73 Å². The number of hydrogen-bond acceptors (Lipinski definition) is 3. The Bertz CT molecular complexity index is 360. The summed E-state index contributed by atoms with van der Waals surface area (Å²) in [7, 11) is 1.49. The summed E-state index contributed by atoms with van der Waals surface area (Å²) in [5, 5.41) is 10.5. The van der Waals surface area contributed by atoms with Crippen molar-refractivity contribution in [1.29, 1.82) is 0 Å². The Morgan fingerprint density at radius 3 is 2.69 bits per heavy atom. The van der Waals surface area contributed by atoms with Crippen molar-refractivity contribution in [1.82, 2.24) is 0 Å². The summed E-state index contributed by atoms with van der Waals surface area (Å²) in [5.41, 5.74) is 5.81. The third-order valence-electron chi connectivity index (χ3n) is 1.62. The predicted octanol–water partition coefficient (Wildman–Crippen LogP) is 0.930. The third-order valence-corrected chi connectivity index (χ3v) is 1.62. The van der Waals surface area contributed by atoms with E-state index in [1.165, 1.54) is 13.1 Å². The standard InChI is InChI=1S/C8H9N3O2/c1-10-8(9)6-4-2-3-5-7(6)11(12)13/h2-5H,1H3,(H2,9,10). The van der Waals surface area contributed by atoms with Crippen molar-refractivity contribution in [2.45, 2.75) is 0 Å². The van der Waals surface area contributed by atoms with Crippen LogP contribution in [0.2, 0.25) is 0 Å². The van der Waals surface area contributed by atoms with Crippen LogP contribution in [0.4, 0.5) is 5.69 Å². The minimum atomic E-state index is -0.479. The average molecular weight is 179 g/mol. The van der Waals surface area contributed by atoms with Gasteiger partial charge in [0.1, 0.15) is 5.84 Å². The Hall–Kier alpha value is -1.91. The summed E-state index contributed by atoms with van der Waals surface area (Å²) < 4.78 is 0. The van der Waals surface area contributed by atoms with Crippen LogP contribution in [0.25, 0.3) is 0 Å². The lowest BCUT2D eigenvalue weighted by atomic mass is 10.1. The molecular formula is C8H9N3O2. The summed E-state index contributed by atoms with van der Waals surface area (Å²) in [6.45, 7) is 0. The van der Waals surface area contributed by atoms with Gasteiger partial charge in [0.05, 0.1) is 10.5 Å². The molecule has 2 N–H and O–H groups in total. The molecule has 0 aromatic heterocycles. The molecule has 0 saturated heterocycles. The van der Waals surface area contributed by atoms with E-state index >= 15 is 0 Å². The molecule has 0 unspecified atom stereocenters. The number of nitrogens with two attached hydrogens (primary N) is 1. The molecular weight excluding hydrogens is 170 g/mol. The van der Waals surface area contributed by atoms with Gasteiger partial charge in [-0.05, 0) is 6.07 Å². The molecule has 0 amide bonds. The van der Waals surface area contributed by atoms with Gasteiger partial charge < -0.3 is 5.73 Å². The monoisotopic (exact) mass is 179 g/mol. The molecule has 1 rings (SSSR count). The van der Waals surface area contributed by atoms with Gasteiger partial charge in [-0.15, -0.1) is 0 Å². The number of rotatable bonds is 2. The Labute approximate surface area is 75.0 Å². The van der Waals surface area contributed by atoms with E-state index in [2.05, 4.69) is 4.99 Å². The highest BCUT2D eigenvalue weighted by molar-refractivity contribution is 6.00. The van der Waals surface area contributed by atoms with Crippen LogP contribution in [0, 0.1) is 10.1 Å². The number of nitro benzene ring substituents is 1. The topological polar surface area (TPSA) is 81.5 Å². The van der Waals surface area contributed by atoms with E-state index in [1.54, 1.807) is 18.2 Å². The van der Waals surface area contributed by atoms with E-state index in [0.29, 0.717) is 5.56 Å². The smallest absolute Gasteiger partial charge is 0.280 e. The van der Waals surface area contributed by atoms with E-state index in [4.69, 9.17) is 5.73 Å². The van der Waals surface area contributed by atoms with Crippen molar-refractivity contribution in [3.05, 3.63) is 39.9 Å². The number of nitro groups is 1. The van der Waals surface area contributed by atoms with Crippen LogP contribution in [-0.4, -0.2) is 17.8 Å². The fourth-order valence-corrected chi connectivity index (χ4v) is 0.970. The van der Waals surface area contributed by atoms with Crippen LogP contribution in [0.15, 0.2) is 29.3 Å². The molecule has 5 nitrogen and oxygen atoms in total. The normalized spacial score (nSPS) is 11.3. The molecule has 0 aliphatic carbocycles. The molecule has 0 aliphatic rings. The van der Waals surface area contributed by atoms with Crippen LogP contribution in [0.5, 0.6) is 0 Å². The SMILES string of the molecule is CN=C(N)c1ccccc1[N+](=O)[O-]. The van der Waals surface area contributed by atoms with Crippen LogP contribution in [0.3, 0.4) is 0 Å². The van der Waals surface area contributed by atoms with Crippen molar-refractivity contribution < 1.29 is 4.92 Å². The zero-order valence-corrected chi connectivity index (χ0v) is 7.10. The van der Waals surface area contributed by atoms with Crippen molar-refractivity contribution >= 4 is 11.5 Å². The molecule has 13 heavy (non-hydrogen) atoms. The predicted molar refractivity (Wildman–Crippen MR) is 49.7 cm³/mol. The zero-order valence-electron chi connectivity index (χ0n) is 7.10. The molecule has 0 spiro atoms. The number of aliphatic imine (C=N–C) groups is 1. The van der Waals surface area contributed by atoms with Gasteiger partial charge in [-0.1, -0.05) is 12.1 Å². The number of para-hydroxylation sites is 1. The van der Waals surface area contributed by atoms with E-state index in [9.17, 15) is 10.1 Å². The van der Waals surface area contributed by atoms with Crippen molar-refractivity contribution in [2.24, 2.45) is 10.7 Å². The minimum Gasteiger partial charge on any atom is -0.383 e. The first-order valence-electron chi connectivity index (χ1n) is 3.63. The molecule has 0 heterocycles. The molecule has 0 bridgehead atoms. The van der Waals surface area contributed by atoms with Gasteiger partial charge in [-0.3, -0.25) is 15.1 Å². The highest BCUT2D eigenvalue weighted by atomic mass is 16.6. The third kappa shape index (κ3) is 1.81. The number of nitrogens with zero attached hydrogens (tertiary/aromatic N) is 2. The first-order chi connectivity index (χ1) is 6.16. The van der Waals surface area contributed by atoms with E-state index < -0.39 is 4.92 Å². The second-order valence-corrected chi connectivity index (χ2v) is 2.38. The van der Waals surface area contributed by atoms with Gasteiger partial charge >= 0.3 is 0 Å². The molecule has 68 valence electrons. The molecule has 1 aromatic carbocycles. The minimum absolute atomic E-state index is 0.0226. The molecule has 0 radical (unpaired) electrons. The lowest BCUT2D eigenvalue weighted by molar-refractivity contribution is -0.385. The zero-order chi connectivity index (χ0) is 9.84. The highest BCUT2D eigenvalue weighted by Gasteiger charge is 2.14. The van der Waals surface area contributed by atoms with Gasteiger partial charge in [0.25, 0.3) is 5.69 Å². The van der Waals surface area contributed by atoms with Gasteiger partial charge in [0.15, 0.2) is 0 Å². The summed E-state index contributed by atoms with van der Waals surface area (Å²) in [6, 6.07) is 6.23. The quantitative estimate of drug-likeness (QED) is 0.317. The Balaban J connectivity index is 3.28. The Morgan fingerprint density at radius 2 is 2.15 bits per heavy atom. The second-order valence-electron chi connectivity index (χ2n) is 2.38. The van der Waals surface area contributed by atoms with Crippen LogP contribution in [-0.2, 0) is 0 Å². The molecule has 5 heteroatoms. The van der Waals surface area contributed by atoms with Gasteiger partial charge in [-0.25, -0.2) is 0 Å². The fourth-order valence-electron chi connectivity index (χ4n) is 0.970. The van der Waals surface area contributed by atoms with Crippen molar-refractivity contribution in [3.63, 3.8) is 0 Å². The largest absolute Gasteiger partial charge is 0.383 e. The average Bonchev–Trinajstić information content (AvgIpc) is 2.16. The maximum atomic E-state index is 10.5. The van der Waals surface area contributed by atoms with Gasteiger partial charge in [-0.2, -0.15) is 0 Å². The second kappa shape index (κ2) is 3.66. The van der Waals surface area contributed by atoms with Gasteiger partial charge in [0.2, 0.25) is 0 Å². The van der Waals surface area contributed by atoms with Gasteiger partial charge in [0, 0.05) is 13.1 Å². The van der Waals surface area contributed by atoms with Crippen molar-refractivity contribution in [2.75, 3.05) is 7.05 Å². The number of benzene rings is 1. The molecule has 1 aromatic rings. The Kier molecular flexibility index (Phi) is 2.59. The lowest BCUT2D eigenvalue weighted by Crippen LogP contribution is -2.14. The maximum absolute atomic E-state index is 10.5. The summed E-state index contributed by atoms with van der Waals surface area (Å²) in [5.74, 6) is 0.173. The van der Waals surface area contributed by atoms with E-state index in [-0.39, 0.29) is 11.5 Å². The Morgan fingerprint density at radius 1 is 1.54 bits per heavy atom. The van der Waals surface area contributed by atoms with Crippen LogP contribution >= 0.6 is 0 Å².